The molecule has 3 aliphatic carbocycles. The number of hydrogen-bond acceptors (Lipinski definition) is 11. The molecule has 6 aromatic carbocycles. The Labute approximate surface area is 489 Å². The molecule has 0 spiro atoms. The maximum absolute atomic E-state index is 12.9. The Morgan fingerprint density at radius 1 is 0.476 bits per heavy atom. The van der Waals surface area contributed by atoms with Gasteiger partial charge in [-0.05, 0) is 197 Å². The van der Waals surface area contributed by atoms with Gasteiger partial charge in [0.05, 0.1) is 20.1 Å². The first-order valence-electron chi connectivity index (χ1n) is 29.3. The molecule has 0 bridgehead atoms. The molecule has 0 unspecified atom stereocenters. The molecule has 1 aromatic heterocycles. The molecular formula is C70H87N5O7. The lowest BCUT2D eigenvalue weighted by atomic mass is 9.84. The van der Waals surface area contributed by atoms with Crippen molar-refractivity contribution in [2.24, 2.45) is 17.8 Å². The number of ether oxygens (including phenoxy) is 2. The fraction of sp³-hybridized carbons (Fsp3) is 0.357. The summed E-state index contributed by atoms with van der Waals surface area (Å²) < 4.78 is 16.9. The largest absolute Gasteiger partial charge is 0.497 e. The van der Waals surface area contributed by atoms with Crippen LogP contribution >= 0.6 is 0 Å². The van der Waals surface area contributed by atoms with Gasteiger partial charge in [0.15, 0.2) is 0 Å². The zero-order chi connectivity index (χ0) is 58.5. The Hall–Kier alpha value is -8.25. The van der Waals surface area contributed by atoms with Crippen LogP contribution in [0.2, 0.25) is 0 Å². The van der Waals surface area contributed by atoms with Gasteiger partial charge in [0.25, 0.3) is 0 Å². The van der Waals surface area contributed by atoms with Gasteiger partial charge in [0.2, 0.25) is 0 Å². The summed E-state index contributed by atoms with van der Waals surface area (Å²) in [6, 6.07) is 54.0. The minimum Gasteiger partial charge on any atom is -0.497 e. The summed E-state index contributed by atoms with van der Waals surface area (Å²) in [5.74, 6) is 2.16. The van der Waals surface area contributed by atoms with Gasteiger partial charge in [-0.15, -0.1) is 0 Å². The van der Waals surface area contributed by atoms with Crippen LogP contribution in [0.1, 0.15) is 130 Å². The van der Waals surface area contributed by atoms with E-state index >= 15 is 0 Å². The van der Waals surface area contributed by atoms with Crippen LogP contribution in [0, 0.1) is 17.8 Å². The lowest BCUT2D eigenvalue weighted by Crippen LogP contribution is -2.19. The molecule has 12 nitrogen and oxygen atoms in total. The van der Waals surface area contributed by atoms with Gasteiger partial charge in [-0.25, -0.2) is 0 Å². The summed E-state index contributed by atoms with van der Waals surface area (Å²) in [6.07, 6.45) is 21.2. The third-order valence-corrected chi connectivity index (χ3v) is 14.8. The van der Waals surface area contributed by atoms with Gasteiger partial charge in [-0.1, -0.05) is 95.5 Å². The molecule has 7 aromatic rings. The van der Waals surface area contributed by atoms with Crippen LogP contribution in [0.5, 0.6) is 11.5 Å². The van der Waals surface area contributed by atoms with Gasteiger partial charge >= 0.3 is 5.97 Å². The number of ketones is 3. The summed E-state index contributed by atoms with van der Waals surface area (Å²) in [6.45, 7) is 1.31. The number of carboxylic acid groups (broad SMARTS) is 1. The van der Waals surface area contributed by atoms with Crippen molar-refractivity contribution in [3.8, 4) is 11.5 Å². The number of anilines is 8. The van der Waals surface area contributed by atoms with E-state index in [0.29, 0.717) is 24.4 Å². The van der Waals surface area contributed by atoms with E-state index in [0.717, 1.165) is 119 Å². The zero-order valence-electron chi connectivity index (χ0n) is 48.6. The van der Waals surface area contributed by atoms with E-state index in [-0.39, 0.29) is 37.9 Å². The minimum absolute atomic E-state index is 0. The lowest BCUT2D eigenvalue weighted by molar-refractivity contribution is -0.142. The van der Waals surface area contributed by atoms with E-state index in [1.807, 2.05) is 103 Å². The molecule has 0 radical (unpaired) electrons. The summed E-state index contributed by atoms with van der Waals surface area (Å²) >= 11 is 0. The van der Waals surface area contributed by atoms with Crippen molar-refractivity contribution in [1.29, 1.82) is 0 Å². The maximum Gasteiger partial charge on any atom is 0.306 e. The molecule has 3 aliphatic rings. The van der Waals surface area contributed by atoms with Crippen molar-refractivity contribution in [3.63, 3.8) is 0 Å². The second-order valence-corrected chi connectivity index (χ2v) is 20.9. The van der Waals surface area contributed by atoms with Crippen molar-refractivity contribution >= 4 is 68.8 Å². The van der Waals surface area contributed by atoms with Crippen LogP contribution in [0.15, 0.2) is 176 Å². The molecule has 434 valence electrons. The molecule has 0 saturated heterocycles. The highest BCUT2D eigenvalue weighted by atomic mass is 16.5. The van der Waals surface area contributed by atoms with Crippen LogP contribution in [0.4, 0.5) is 45.5 Å². The van der Waals surface area contributed by atoms with Gasteiger partial charge in [-0.2, -0.15) is 0 Å². The average Bonchev–Trinajstić information content (AvgIpc) is 3.53. The molecule has 3 fully saturated rings. The number of carbonyl (C=O) groups is 4. The summed E-state index contributed by atoms with van der Waals surface area (Å²) in [5.41, 5.74) is 21.4. The Morgan fingerprint density at radius 3 is 0.988 bits per heavy atom. The van der Waals surface area contributed by atoms with E-state index in [2.05, 4.69) is 75.4 Å². The smallest absolute Gasteiger partial charge is 0.306 e. The van der Waals surface area contributed by atoms with Gasteiger partial charge in [-0.3, -0.25) is 19.4 Å². The number of nitrogens with two attached hydrogens (primary N) is 2. The molecule has 82 heavy (non-hydrogen) atoms. The average molecular weight is 1110 g/mol. The van der Waals surface area contributed by atoms with Crippen LogP contribution in [0.25, 0.3) is 0 Å². The molecule has 0 atom stereocenters. The van der Waals surface area contributed by atoms with Gasteiger partial charge in [0, 0.05) is 83.9 Å². The number of carbonyl (C=O) groups excluding carboxylic acids is 3. The predicted octanol–water partition coefficient (Wildman–Crippen LogP) is 16.8. The Kier molecular flexibility index (Phi) is 26.7. The number of methoxy groups -OCH3 is 2. The number of hydrogen-bond donors (Lipinski definition) is 3. The van der Waals surface area contributed by atoms with Gasteiger partial charge in [0.1, 0.15) is 28.8 Å². The Morgan fingerprint density at radius 2 is 0.756 bits per heavy atom. The highest BCUT2D eigenvalue weighted by Crippen LogP contribution is 2.38. The molecule has 0 amide bonds. The number of aliphatic carboxylic acids is 1. The number of rotatable bonds is 15. The first-order valence-corrected chi connectivity index (χ1v) is 28.5. The first kappa shape index (κ1) is 62.9. The molecule has 3 saturated carbocycles. The van der Waals surface area contributed by atoms with Crippen LogP contribution < -0.4 is 30.7 Å². The second kappa shape index (κ2) is 34.8. The highest BCUT2D eigenvalue weighted by molar-refractivity contribution is 5.85. The standard InChI is InChI=1S/C35H41NO3.C19H19N3O.C7H12O2.C5H5N.C3H6O.CH4/c1-39-33-22-20-32(21-23-33)36(30-16-12-26(13-17-30)24-34(37)28-8-4-2-5-9-28)31-18-14-27(15-19-31)25-35(38)29-10-6-3-7-11-29;1-23-19-12-10-18(11-13-19)22(16-6-2-14(20)3-7-16)17-8-4-15(21)5-9-17;8-7(9)6-4-2-1-3-5-6;1-2-4-6-5-3-1;1-3(2)4;/h12-23,28-29H,2-11,24-25H2,1H3;2-13H,20-21H2,1H3;6H,1-5H2,(H,8,9);1-5H;1-2H3;1H4/i;;;;1D;. The monoisotopic (exact) mass is 1110 g/mol. The fourth-order valence-electron chi connectivity index (χ4n) is 10.3. The topological polar surface area (TPSA) is 178 Å². The molecule has 12 heteroatoms. The number of nitrogens with zero attached hydrogens (tertiary/aromatic N) is 3. The van der Waals surface area contributed by atoms with Gasteiger partial charge < -0.3 is 40.6 Å². The molecule has 10 rings (SSSR count). The normalized spacial score (nSPS) is 14.2. The number of nitrogen functional groups attached to an aromatic ring is 2. The van der Waals surface area contributed by atoms with Crippen LogP contribution in [0.3, 0.4) is 0 Å². The Balaban J connectivity index is 0.000000238. The maximum atomic E-state index is 12.9. The molecular weight excluding hydrogens is 1020 g/mol. The summed E-state index contributed by atoms with van der Waals surface area (Å²) in [7, 11) is 3.33. The van der Waals surface area contributed by atoms with E-state index in [1.54, 1.807) is 26.6 Å². The quantitative estimate of drug-likeness (QED) is 0.0829. The van der Waals surface area contributed by atoms with Crippen molar-refractivity contribution < 1.29 is 35.1 Å². The third kappa shape index (κ3) is 21.3. The summed E-state index contributed by atoms with van der Waals surface area (Å²) in [4.78, 5) is 53.8. The van der Waals surface area contributed by atoms with Crippen molar-refractivity contribution in [2.45, 2.75) is 130 Å². The van der Waals surface area contributed by atoms with Crippen LogP contribution in [-0.2, 0) is 32.0 Å². The minimum atomic E-state index is -0.602. The number of Topliss-reactive ketones (excluding diaryl/α,β-unsaturated/α-hetero) is 3. The number of benzene rings is 6. The van der Waals surface area contributed by atoms with Crippen molar-refractivity contribution in [2.75, 3.05) is 35.5 Å². The lowest BCUT2D eigenvalue weighted by Gasteiger charge is -2.26. The molecule has 1 heterocycles. The molecule has 0 aliphatic heterocycles. The SMILES string of the molecule is C.COc1ccc(N(c2ccc(CC(=O)C3CCCCC3)cc2)c2ccc(CC(=O)C3CCCCC3)cc2)cc1.COc1ccc(N(c2ccc(N)cc2)c2ccc(N)cc2)cc1.O=C(O)C1CCCCC1.[2H]CC(C)=O.c1ccncc1. The second-order valence-electron chi connectivity index (χ2n) is 20.9. The van der Waals surface area contributed by atoms with E-state index in [1.165, 1.54) is 51.9 Å². The predicted molar refractivity (Wildman–Crippen MR) is 336 cm³/mol. The van der Waals surface area contributed by atoms with Crippen molar-refractivity contribution in [3.05, 3.63) is 187 Å². The van der Waals surface area contributed by atoms with E-state index in [9.17, 15) is 19.2 Å². The third-order valence-electron chi connectivity index (χ3n) is 14.8. The molecule has 5 N–H and O–H groups in total. The highest BCUT2D eigenvalue weighted by Gasteiger charge is 2.24. The number of pyridine rings is 1. The number of carboxylic acids is 1. The first-order chi connectivity index (χ1) is 39.8. The van der Waals surface area contributed by atoms with Crippen LogP contribution in [-0.4, -0.2) is 47.6 Å². The zero-order valence-corrected chi connectivity index (χ0v) is 47.6. The van der Waals surface area contributed by atoms with E-state index < -0.39 is 5.97 Å². The number of aromatic nitrogens is 1. The summed E-state index contributed by atoms with van der Waals surface area (Å²) in [5, 5.41) is 8.54. The van der Waals surface area contributed by atoms with Crippen molar-refractivity contribution in [1.82, 2.24) is 4.98 Å². The fourth-order valence-corrected chi connectivity index (χ4v) is 10.3. The van der Waals surface area contributed by atoms with E-state index in [4.69, 9.17) is 27.4 Å². The Bertz CT molecular complexity index is 2810.